The summed E-state index contributed by atoms with van der Waals surface area (Å²) >= 11 is 3.31. The van der Waals surface area contributed by atoms with Crippen molar-refractivity contribution in [2.75, 3.05) is 32.8 Å². The second-order valence-corrected chi connectivity index (χ2v) is 3.93. The number of aliphatic imine (C=N–C) groups is 2. The van der Waals surface area contributed by atoms with Gasteiger partial charge < -0.3 is 5.32 Å². The fraction of sp³-hybridized carbons (Fsp3) is 0.556. The summed E-state index contributed by atoms with van der Waals surface area (Å²) in [5.41, 5.74) is 0. The summed E-state index contributed by atoms with van der Waals surface area (Å²) in [6.45, 7) is 8.36. The van der Waals surface area contributed by atoms with Gasteiger partial charge >= 0.3 is 0 Å². The molecule has 0 atom stereocenters. The number of rotatable bonds is 4. The molecule has 0 saturated carbocycles. The van der Waals surface area contributed by atoms with Gasteiger partial charge in [-0.1, -0.05) is 0 Å². The van der Waals surface area contributed by atoms with Crippen LogP contribution in [0.2, 0.25) is 0 Å². The summed E-state index contributed by atoms with van der Waals surface area (Å²) in [6, 6.07) is 0. The molecule has 4 nitrogen and oxygen atoms in total. The predicted molar refractivity (Wildman–Crippen MR) is 64.4 cm³/mol. The Hall–Kier alpha value is -0.520. The maximum absolute atomic E-state index is 4.28. The molecule has 0 spiro atoms. The highest BCUT2D eigenvalue weighted by Crippen LogP contribution is 2.01. The summed E-state index contributed by atoms with van der Waals surface area (Å²) in [7, 11) is 0. The van der Waals surface area contributed by atoms with E-state index in [9.17, 15) is 0 Å². The summed E-state index contributed by atoms with van der Waals surface area (Å²) in [5.74, 6) is 0. The minimum absolute atomic E-state index is 0.752. The van der Waals surface area contributed by atoms with Crippen molar-refractivity contribution in [3.05, 3.63) is 10.7 Å². The molecule has 14 heavy (non-hydrogen) atoms. The number of halogens is 1. The number of piperazine rings is 1. The van der Waals surface area contributed by atoms with E-state index in [4.69, 9.17) is 0 Å². The van der Waals surface area contributed by atoms with Crippen molar-refractivity contribution in [2.24, 2.45) is 9.98 Å². The molecule has 1 rings (SSSR count). The van der Waals surface area contributed by atoms with Crippen LogP contribution in [0.5, 0.6) is 0 Å². The lowest BCUT2D eigenvalue weighted by molar-refractivity contribution is 0.249. The lowest BCUT2D eigenvalue weighted by Crippen LogP contribution is -2.43. The minimum Gasteiger partial charge on any atom is -0.314 e. The molecular weight excluding hydrogens is 244 g/mol. The van der Waals surface area contributed by atoms with Crippen molar-refractivity contribution in [2.45, 2.75) is 0 Å². The van der Waals surface area contributed by atoms with Gasteiger partial charge in [0.25, 0.3) is 0 Å². The van der Waals surface area contributed by atoms with Crippen LogP contribution in [0.4, 0.5) is 0 Å². The van der Waals surface area contributed by atoms with Crippen LogP contribution in [0.3, 0.4) is 0 Å². The van der Waals surface area contributed by atoms with Gasteiger partial charge in [0.05, 0.1) is 11.2 Å². The zero-order valence-corrected chi connectivity index (χ0v) is 9.70. The highest BCUT2D eigenvalue weighted by atomic mass is 79.9. The lowest BCUT2D eigenvalue weighted by atomic mass is 10.4. The van der Waals surface area contributed by atoms with Crippen molar-refractivity contribution in [1.82, 2.24) is 10.2 Å². The van der Waals surface area contributed by atoms with Gasteiger partial charge in [0.15, 0.2) is 0 Å². The van der Waals surface area contributed by atoms with E-state index >= 15 is 0 Å². The van der Waals surface area contributed by atoms with Crippen molar-refractivity contribution >= 4 is 28.9 Å². The largest absolute Gasteiger partial charge is 0.314 e. The molecule has 0 aromatic rings. The smallest absolute Gasteiger partial charge is 0.0910 e. The molecule has 0 aliphatic carbocycles. The van der Waals surface area contributed by atoms with Crippen LogP contribution < -0.4 is 5.32 Å². The molecule has 0 radical (unpaired) electrons. The second-order valence-electron chi connectivity index (χ2n) is 3.02. The van der Waals surface area contributed by atoms with Crippen molar-refractivity contribution in [3.8, 4) is 0 Å². The monoisotopic (exact) mass is 258 g/mol. The second kappa shape index (κ2) is 6.86. The lowest BCUT2D eigenvalue weighted by Gasteiger charge is -2.25. The van der Waals surface area contributed by atoms with Gasteiger partial charge in [0, 0.05) is 38.6 Å². The maximum atomic E-state index is 4.28. The van der Waals surface area contributed by atoms with Crippen LogP contribution in [0, 0.1) is 0 Å². The first-order valence-electron chi connectivity index (χ1n) is 4.57. The van der Waals surface area contributed by atoms with Crippen LogP contribution in [0.1, 0.15) is 0 Å². The van der Waals surface area contributed by atoms with Crippen LogP contribution >= 0.6 is 15.9 Å². The Bertz CT molecular complexity index is 231. The third-order valence-electron chi connectivity index (χ3n) is 1.92. The van der Waals surface area contributed by atoms with Crippen molar-refractivity contribution in [3.63, 3.8) is 0 Å². The first kappa shape index (κ1) is 11.6. The molecule has 5 heteroatoms. The van der Waals surface area contributed by atoms with Crippen LogP contribution in [-0.4, -0.2) is 50.7 Å². The Morgan fingerprint density at radius 1 is 1.50 bits per heavy atom. The average Bonchev–Trinajstić information content (AvgIpc) is 2.20. The van der Waals surface area contributed by atoms with Gasteiger partial charge in [0.2, 0.25) is 0 Å². The Kier molecular flexibility index (Phi) is 5.66. The Balaban J connectivity index is 2.24. The zero-order chi connectivity index (χ0) is 10.2. The van der Waals surface area contributed by atoms with Gasteiger partial charge in [0.1, 0.15) is 0 Å². The fourth-order valence-electron chi connectivity index (χ4n) is 1.22. The van der Waals surface area contributed by atoms with E-state index in [1.165, 1.54) is 0 Å². The van der Waals surface area contributed by atoms with Gasteiger partial charge in [-0.05, 0) is 22.6 Å². The summed E-state index contributed by atoms with van der Waals surface area (Å²) in [6.07, 6.45) is 3.39. The third kappa shape index (κ3) is 4.64. The summed E-state index contributed by atoms with van der Waals surface area (Å²) < 4.78 is 0.850. The molecule has 1 saturated heterocycles. The minimum atomic E-state index is 0.752. The molecule has 0 aromatic heterocycles. The summed E-state index contributed by atoms with van der Waals surface area (Å²) in [4.78, 5) is 10.2. The normalized spacial score (nSPS) is 20.2. The van der Waals surface area contributed by atoms with Gasteiger partial charge in [-0.15, -0.1) is 0 Å². The molecule has 0 aromatic carbocycles. The molecule has 1 fully saturated rings. The van der Waals surface area contributed by atoms with E-state index in [1.807, 2.05) is 0 Å². The first-order chi connectivity index (χ1) is 6.83. The molecule has 1 N–H and O–H groups in total. The summed E-state index contributed by atoms with van der Waals surface area (Å²) in [5, 5.41) is 3.30. The Labute approximate surface area is 92.9 Å². The van der Waals surface area contributed by atoms with E-state index in [0.717, 1.165) is 37.3 Å². The van der Waals surface area contributed by atoms with E-state index < -0.39 is 0 Å². The third-order valence-corrected chi connectivity index (χ3v) is 2.33. The van der Waals surface area contributed by atoms with Gasteiger partial charge in [-0.25, -0.2) is 0 Å². The highest BCUT2D eigenvalue weighted by molar-refractivity contribution is 9.12. The fourth-order valence-corrected chi connectivity index (χ4v) is 1.51. The Morgan fingerprint density at radius 3 is 2.86 bits per heavy atom. The standard InChI is InChI=1S/C9H15BrN4/c1-11-6-9(10)7-13-8-14-4-2-12-3-5-14/h6-7,12H,1-5,8H2/b9-6+,13-7?. The number of hydrogen-bond acceptors (Lipinski definition) is 4. The van der Waals surface area contributed by atoms with E-state index in [0.29, 0.717) is 0 Å². The number of nitrogens with one attached hydrogen (secondary N) is 1. The molecule has 0 amide bonds. The van der Waals surface area contributed by atoms with E-state index in [1.54, 1.807) is 12.4 Å². The molecule has 1 aliphatic rings. The molecule has 1 heterocycles. The average molecular weight is 259 g/mol. The van der Waals surface area contributed by atoms with Crippen LogP contribution in [0.25, 0.3) is 0 Å². The van der Waals surface area contributed by atoms with Crippen LogP contribution in [0.15, 0.2) is 20.7 Å². The molecule has 1 aliphatic heterocycles. The molecule has 78 valence electrons. The van der Waals surface area contributed by atoms with Crippen LogP contribution in [-0.2, 0) is 0 Å². The number of hydrogen-bond donors (Lipinski definition) is 1. The van der Waals surface area contributed by atoms with E-state index in [-0.39, 0.29) is 0 Å². The quantitative estimate of drug-likeness (QED) is 0.760. The SMILES string of the molecule is C=N/C=C(/Br)C=NCN1CCNCC1. The number of allylic oxidation sites excluding steroid dienone is 1. The topological polar surface area (TPSA) is 40.0 Å². The maximum Gasteiger partial charge on any atom is 0.0910 e. The molecule has 0 unspecified atom stereocenters. The molecule has 0 bridgehead atoms. The van der Waals surface area contributed by atoms with Gasteiger partial charge in [-0.2, -0.15) is 0 Å². The Morgan fingerprint density at radius 2 is 2.21 bits per heavy atom. The first-order valence-corrected chi connectivity index (χ1v) is 5.36. The van der Waals surface area contributed by atoms with Gasteiger partial charge in [-0.3, -0.25) is 14.9 Å². The number of nitrogens with zero attached hydrogens (tertiary/aromatic N) is 3. The zero-order valence-electron chi connectivity index (χ0n) is 8.12. The molecular formula is C9H15BrN4. The van der Waals surface area contributed by atoms with Crippen molar-refractivity contribution < 1.29 is 0 Å². The van der Waals surface area contributed by atoms with Crippen molar-refractivity contribution in [1.29, 1.82) is 0 Å². The highest BCUT2D eigenvalue weighted by Gasteiger charge is 2.06. The van der Waals surface area contributed by atoms with E-state index in [2.05, 4.69) is 42.8 Å². The predicted octanol–water partition coefficient (Wildman–Crippen LogP) is 0.857.